The van der Waals surface area contributed by atoms with Gasteiger partial charge in [-0.05, 0) is 30.5 Å². The Morgan fingerprint density at radius 3 is 2.39 bits per heavy atom. The van der Waals surface area contributed by atoms with E-state index in [2.05, 4.69) is 5.92 Å². The first kappa shape index (κ1) is 23.1. The van der Waals surface area contributed by atoms with E-state index in [4.69, 9.17) is 12.2 Å². The first-order valence-electron chi connectivity index (χ1n) is 10.4. The number of hydrogen-bond acceptors (Lipinski definition) is 4. The van der Waals surface area contributed by atoms with Crippen molar-refractivity contribution in [2.45, 2.75) is 48.9 Å². The number of terminal acetylenes is 1. The number of Topliss-reactive ketones (excluding diaryl/α,β-unsaturated/α-hetero) is 1. The van der Waals surface area contributed by atoms with Crippen LogP contribution in [0.3, 0.4) is 0 Å². The maximum Gasteiger partial charge on any atom is 0.229 e. The van der Waals surface area contributed by atoms with Crippen LogP contribution in [0.5, 0.6) is 0 Å². The first-order valence-corrected chi connectivity index (χ1v) is 11.9. The van der Waals surface area contributed by atoms with E-state index in [9.17, 15) is 18.0 Å². The van der Waals surface area contributed by atoms with Gasteiger partial charge in [0.25, 0.3) is 0 Å². The number of sulfonamides is 1. The number of ketones is 1. The lowest BCUT2D eigenvalue weighted by Crippen LogP contribution is -2.52. The lowest BCUT2D eigenvalue weighted by Gasteiger charge is -2.38. The van der Waals surface area contributed by atoms with Crippen LogP contribution >= 0.6 is 0 Å². The van der Waals surface area contributed by atoms with Crippen molar-refractivity contribution in [1.29, 1.82) is 0 Å². The average molecular weight is 473 g/mol. The van der Waals surface area contributed by atoms with Crippen LogP contribution in [0.2, 0.25) is 0 Å². The summed E-state index contributed by atoms with van der Waals surface area (Å²) in [6, 6.07) is 9.52. The summed E-state index contributed by atoms with van der Waals surface area (Å²) in [7, 11) is -3.98. The first-order chi connectivity index (χ1) is 15.6. The summed E-state index contributed by atoms with van der Waals surface area (Å²) >= 11 is 0. The Balaban J connectivity index is 1.70. The molecule has 0 radical (unpaired) electrons. The summed E-state index contributed by atoms with van der Waals surface area (Å²) in [5, 5.41) is -0.852. The third-order valence-corrected chi connectivity index (χ3v) is 8.81. The molecule has 1 saturated heterocycles. The van der Waals surface area contributed by atoms with Crippen molar-refractivity contribution in [1.82, 2.24) is 4.31 Å². The Kier molecular flexibility index (Phi) is 5.85. The van der Waals surface area contributed by atoms with Crippen LogP contribution in [0.15, 0.2) is 42.5 Å². The molecule has 4 rings (SSSR count). The molecule has 1 aliphatic heterocycles. The normalized spacial score (nSPS) is 24.0. The summed E-state index contributed by atoms with van der Waals surface area (Å²) in [6.45, 7) is -0.466. The number of benzene rings is 2. The maximum atomic E-state index is 15.1. The Labute approximate surface area is 190 Å². The highest BCUT2D eigenvalue weighted by Crippen LogP contribution is 2.43. The minimum absolute atomic E-state index is 0.223. The number of carbonyl (C=O) groups excluding carboxylic acids is 2. The molecule has 2 fully saturated rings. The number of primary amides is 1. The molecule has 2 aliphatic rings. The van der Waals surface area contributed by atoms with Gasteiger partial charge in [-0.3, -0.25) is 9.59 Å². The quantitative estimate of drug-likeness (QED) is 0.677. The van der Waals surface area contributed by atoms with E-state index in [1.54, 1.807) is 30.3 Å². The van der Waals surface area contributed by atoms with E-state index in [1.807, 2.05) is 0 Å². The number of nitrogens with two attached hydrogens (primary N) is 1. The molecule has 2 atom stereocenters. The molecule has 2 aromatic rings. The number of amides is 1. The standard InChI is InChI=1S/C24H22F2N2O4S/c1-2-17-8-9-22(15-6-4-3-5-7-15)33(31,32)28(17)14-16-10-21(26)19(11-20(16)25)24(23(27)30)12-18(29)13-24/h1,3-7,10-11,17,22H,8-9,12-14H2,(H2,27,30)/t17-,22+/m0/s1. The second-order valence-electron chi connectivity index (χ2n) is 8.51. The fourth-order valence-corrected chi connectivity index (χ4v) is 6.78. The molecule has 6 nitrogen and oxygen atoms in total. The minimum Gasteiger partial charge on any atom is -0.369 e. The van der Waals surface area contributed by atoms with Crippen LogP contribution in [0.4, 0.5) is 8.78 Å². The van der Waals surface area contributed by atoms with Crippen molar-refractivity contribution < 1.29 is 26.8 Å². The predicted molar refractivity (Wildman–Crippen MR) is 117 cm³/mol. The summed E-state index contributed by atoms with van der Waals surface area (Å²) < 4.78 is 57.9. The van der Waals surface area contributed by atoms with E-state index < -0.39 is 50.8 Å². The van der Waals surface area contributed by atoms with Crippen LogP contribution in [0, 0.1) is 24.0 Å². The van der Waals surface area contributed by atoms with Crippen molar-refractivity contribution >= 4 is 21.7 Å². The molecule has 1 aliphatic carbocycles. The lowest BCUT2D eigenvalue weighted by molar-refractivity contribution is -0.139. The largest absolute Gasteiger partial charge is 0.369 e. The van der Waals surface area contributed by atoms with Crippen LogP contribution in [-0.2, 0) is 31.6 Å². The summed E-state index contributed by atoms with van der Waals surface area (Å²) in [5.74, 6) is -0.578. The van der Waals surface area contributed by atoms with E-state index in [-0.39, 0.29) is 29.8 Å². The van der Waals surface area contributed by atoms with Gasteiger partial charge in [0.2, 0.25) is 15.9 Å². The SMILES string of the molecule is C#C[C@H]1CC[C@H](c2ccccc2)S(=O)(=O)N1Cc1cc(F)c(C2(C(N)=O)CC(=O)C2)cc1F. The van der Waals surface area contributed by atoms with Crippen LogP contribution in [-0.4, -0.2) is 30.5 Å². The molecular weight excluding hydrogens is 450 g/mol. The molecule has 1 saturated carbocycles. The molecule has 172 valence electrons. The van der Waals surface area contributed by atoms with Crippen molar-refractivity contribution in [3.63, 3.8) is 0 Å². The van der Waals surface area contributed by atoms with Gasteiger partial charge in [0.15, 0.2) is 0 Å². The highest BCUT2D eigenvalue weighted by atomic mass is 32.2. The van der Waals surface area contributed by atoms with Gasteiger partial charge in [-0.25, -0.2) is 17.2 Å². The molecule has 0 aromatic heterocycles. The third kappa shape index (κ3) is 3.83. The molecule has 0 unspecified atom stereocenters. The van der Waals surface area contributed by atoms with Crippen molar-refractivity contribution in [2.75, 3.05) is 0 Å². The number of hydrogen-bond donors (Lipinski definition) is 1. The molecular formula is C24H22F2N2O4S. The predicted octanol–water partition coefficient (Wildman–Crippen LogP) is 2.72. The topological polar surface area (TPSA) is 97.5 Å². The van der Waals surface area contributed by atoms with Crippen molar-refractivity contribution in [3.05, 3.63) is 70.8 Å². The zero-order valence-corrected chi connectivity index (χ0v) is 18.4. The van der Waals surface area contributed by atoms with E-state index >= 15 is 8.78 Å². The highest BCUT2D eigenvalue weighted by molar-refractivity contribution is 7.89. The number of carbonyl (C=O) groups is 2. The van der Waals surface area contributed by atoms with E-state index in [0.717, 1.165) is 16.4 Å². The number of nitrogens with zero attached hydrogens (tertiary/aromatic N) is 1. The molecule has 33 heavy (non-hydrogen) atoms. The van der Waals surface area contributed by atoms with E-state index in [0.29, 0.717) is 18.4 Å². The molecule has 0 spiro atoms. The second kappa shape index (κ2) is 8.36. The molecule has 0 bridgehead atoms. The van der Waals surface area contributed by atoms with Gasteiger partial charge in [-0.1, -0.05) is 36.3 Å². The van der Waals surface area contributed by atoms with Gasteiger partial charge in [0, 0.05) is 30.5 Å². The van der Waals surface area contributed by atoms with Gasteiger partial charge < -0.3 is 5.73 Å². The highest BCUT2D eigenvalue weighted by Gasteiger charge is 2.52. The summed E-state index contributed by atoms with van der Waals surface area (Å²) in [6.07, 6.45) is 5.65. The molecule has 9 heteroatoms. The zero-order chi connectivity index (χ0) is 24.0. The number of rotatable bonds is 5. The van der Waals surface area contributed by atoms with Gasteiger partial charge >= 0.3 is 0 Å². The third-order valence-electron chi connectivity index (χ3n) is 6.55. The van der Waals surface area contributed by atoms with E-state index in [1.165, 1.54) is 0 Å². The number of halogens is 2. The van der Waals surface area contributed by atoms with Crippen molar-refractivity contribution in [2.24, 2.45) is 5.73 Å². The Hall–Kier alpha value is -3.09. The zero-order valence-electron chi connectivity index (χ0n) is 17.6. The van der Waals surface area contributed by atoms with Crippen LogP contribution in [0.25, 0.3) is 0 Å². The van der Waals surface area contributed by atoms with Gasteiger partial charge in [0.1, 0.15) is 22.7 Å². The van der Waals surface area contributed by atoms with Gasteiger partial charge in [0.05, 0.1) is 11.5 Å². The second-order valence-corrected chi connectivity index (χ2v) is 10.6. The smallest absolute Gasteiger partial charge is 0.229 e. The summed E-state index contributed by atoms with van der Waals surface area (Å²) in [4.78, 5) is 23.4. The average Bonchev–Trinajstić information content (AvgIpc) is 2.75. The van der Waals surface area contributed by atoms with Gasteiger partial charge in [-0.15, -0.1) is 6.42 Å². The molecule has 1 amide bonds. The fourth-order valence-electron chi connectivity index (χ4n) is 4.68. The Morgan fingerprint density at radius 2 is 1.82 bits per heavy atom. The van der Waals surface area contributed by atoms with Crippen molar-refractivity contribution in [3.8, 4) is 12.3 Å². The minimum atomic E-state index is -3.98. The van der Waals surface area contributed by atoms with Gasteiger partial charge in [-0.2, -0.15) is 4.31 Å². The molecule has 2 N–H and O–H groups in total. The Bertz CT molecular complexity index is 1260. The lowest BCUT2D eigenvalue weighted by atomic mass is 9.63. The molecule has 2 aromatic carbocycles. The summed E-state index contributed by atoms with van der Waals surface area (Å²) in [5.41, 5.74) is 3.87. The van der Waals surface area contributed by atoms with Crippen LogP contribution in [0.1, 0.15) is 47.6 Å². The maximum absolute atomic E-state index is 15.1. The Morgan fingerprint density at radius 1 is 1.15 bits per heavy atom. The molecule has 1 heterocycles. The monoisotopic (exact) mass is 472 g/mol. The van der Waals surface area contributed by atoms with Crippen LogP contribution < -0.4 is 5.73 Å². The fraction of sp³-hybridized carbons (Fsp3) is 0.333.